The van der Waals surface area contributed by atoms with E-state index in [1.54, 1.807) is 0 Å². The van der Waals surface area contributed by atoms with Gasteiger partial charge in [0.15, 0.2) is 11.5 Å². The molecule has 2 heterocycles. The molecule has 0 aliphatic rings. The number of hydrogen-bond donors (Lipinski definition) is 0. The molecule has 0 amide bonds. The number of oxazole rings is 1. The molecule has 3 aromatic rings. The van der Waals surface area contributed by atoms with Gasteiger partial charge in [0.25, 0.3) is 0 Å². The van der Waals surface area contributed by atoms with Crippen molar-refractivity contribution in [3.8, 4) is 11.5 Å². The zero-order valence-electron chi connectivity index (χ0n) is 7.97. The van der Waals surface area contributed by atoms with Gasteiger partial charge in [-0.3, -0.25) is 0 Å². The fraction of sp³-hybridized carbons (Fsp3) is 0.100. The Kier molecular flexibility index (Phi) is 1.58. The van der Waals surface area contributed by atoms with Crippen LogP contribution >= 0.6 is 0 Å². The van der Waals surface area contributed by atoms with Gasteiger partial charge in [-0.1, -0.05) is 0 Å². The van der Waals surface area contributed by atoms with Crippen molar-refractivity contribution >= 4 is 11.1 Å². The first-order valence-corrected chi connectivity index (χ1v) is 4.47. The Balaban J connectivity index is 2.21. The summed E-state index contributed by atoms with van der Waals surface area (Å²) in [6.07, 6.45) is 1.30. The molecule has 15 heavy (non-hydrogen) atoms. The Labute approximate surface area is 84.8 Å². The van der Waals surface area contributed by atoms with Gasteiger partial charge in [0.05, 0.1) is 0 Å². The quantitative estimate of drug-likeness (QED) is 0.603. The minimum atomic E-state index is 0.484. The first-order chi connectivity index (χ1) is 7.33. The predicted molar refractivity (Wildman–Crippen MR) is 52.0 cm³/mol. The van der Waals surface area contributed by atoms with E-state index >= 15 is 0 Å². The van der Waals surface area contributed by atoms with Crippen LogP contribution in [0.5, 0.6) is 0 Å². The minimum Gasteiger partial charge on any atom is -0.441 e. The van der Waals surface area contributed by atoms with E-state index in [1.807, 2.05) is 25.1 Å². The summed E-state index contributed by atoms with van der Waals surface area (Å²) in [5.41, 5.74) is 2.40. The number of rotatable bonds is 1. The molecule has 5 nitrogen and oxygen atoms in total. The second-order valence-electron chi connectivity index (χ2n) is 3.16. The van der Waals surface area contributed by atoms with E-state index in [0.29, 0.717) is 11.8 Å². The molecule has 0 spiro atoms. The fourth-order valence-corrected chi connectivity index (χ4v) is 1.47. The molecule has 0 saturated heterocycles. The monoisotopic (exact) mass is 201 g/mol. The van der Waals surface area contributed by atoms with Crippen molar-refractivity contribution < 1.29 is 8.83 Å². The highest BCUT2D eigenvalue weighted by atomic mass is 16.4. The lowest BCUT2D eigenvalue weighted by molar-refractivity contribution is 0.561. The summed E-state index contributed by atoms with van der Waals surface area (Å²) in [6.45, 7) is 1.81. The van der Waals surface area contributed by atoms with Crippen LogP contribution in [0, 0.1) is 6.92 Å². The minimum absolute atomic E-state index is 0.484. The number of fused-ring (bicyclic) bond motifs is 1. The average Bonchev–Trinajstić information content (AvgIpc) is 2.82. The third-order valence-electron chi connectivity index (χ3n) is 2.10. The number of aryl methyl sites for hydroxylation is 1. The van der Waals surface area contributed by atoms with Crippen molar-refractivity contribution in [3.63, 3.8) is 0 Å². The Hall–Kier alpha value is -2.17. The highest BCUT2D eigenvalue weighted by molar-refractivity contribution is 5.78. The molecule has 0 N–H and O–H groups in total. The van der Waals surface area contributed by atoms with E-state index in [1.165, 1.54) is 6.39 Å². The largest absolute Gasteiger partial charge is 0.441 e. The SMILES string of the molecule is Cc1nc2cc(-c3nnco3)ccc2o1. The topological polar surface area (TPSA) is 65.0 Å². The molecule has 1 aromatic carbocycles. The summed E-state index contributed by atoms with van der Waals surface area (Å²) in [5.74, 6) is 1.13. The Morgan fingerprint density at radius 1 is 1.27 bits per heavy atom. The Morgan fingerprint density at radius 3 is 3.00 bits per heavy atom. The van der Waals surface area contributed by atoms with Gasteiger partial charge >= 0.3 is 0 Å². The molecule has 5 heteroatoms. The van der Waals surface area contributed by atoms with E-state index in [4.69, 9.17) is 8.83 Å². The van der Waals surface area contributed by atoms with Crippen molar-refractivity contribution in [3.05, 3.63) is 30.5 Å². The van der Waals surface area contributed by atoms with Crippen LogP contribution in [-0.4, -0.2) is 15.2 Å². The third-order valence-corrected chi connectivity index (χ3v) is 2.10. The lowest BCUT2D eigenvalue weighted by Gasteiger charge is -1.92. The molecule has 2 aromatic heterocycles. The van der Waals surface area contributed by atoms with Gasteiger partial charge in [0.1, 0.15) is 5.52 Å². The molecule has 0 radical (unpaired) electrons. The van der Waals surface area contributed by atoms with Crippen molar-refractivity contribution in [2.75, 3.05) is 0 Å². The van der Waals surface area contributed by atoms with E-state index in [-0.39, 0.29) is 0 Å². The third kappa shape index (κ3) is 1.28. The van der Waals surface area contributed by atoms with Gasteiger partial charge in [-0.05, 0) is 18.2 Å². The average molecular weight is 201 g/mol. The summed E-state index contributed by atoms with van der Waals surface area (Å²) in [7, 11) is 0. The van der Waals surface area contributed by atoms with Gasteiger partial charge in [-0.2, -0.15) is 0 Å². The van der Waals surface area contributed by atoms with Crippen LogP contribution in [0.15, 0.2) is 33.4 Å². The summed E-state index contributed by atoms with van der Waals surface area (Å²) in [4.78, 5) is 4.23. The maximum atomic E-state index is 5.36. The van der Waals surface area contributed by atoms with Crippen LogP contribution in [-0.2, 0) is 0 Å². The van der Waals surface area contributed by atoms with Crippen molar-refractivity contribution in [1.29, 1.82) is 0 Å². The van der Waals surface area contributed by atoms with E-state index in [2.05, 4.69) is 15.2 Å². The summed E-state index contributed by atoms with van der Waals surface area (Å²) in [5, 5.41) is 7.45. The number of hydrogen-bond acceptors (Lipinski definition) is 5. The van der Waals surface area contributed by atoms with Crippen LogP contribution < -0.4 is 0 Å². The smallest absolute Gasteiger partial charge is 0.247 e. The number of benzene rings is 1. The standard InChI is InChI=1S/C10H7N3O2/c1-6-12-8-4-7(2-3-9(8)15-6)10-13-11-5-14-10/h2-5H,1H3. The zero-order valence-corrected chi connectivity index (χ0v) is 7.97. The lowest BCUT2D eigenvalue weighted by atomic mass is 10.2. The van der Waals surface area contributed by atoms with Crippen molar-refractivity contribution in [1.82, 2.24) is 15.2 Å². The molecular formula is C10H7N3O2. The number of aromatic nitrogens is 3. The predicted octanol–water partition coefficient (Wildman–Crippen LogP) is 2.19. The fourth-order valence-electron chi connectivity index (χ4n) is 1.47. The molecule has 0 bridgehead atoms. The lowest BCUT2D eigenvalue weighted by Crippen LogP contribution is -1.78. The molecule has 74 valence electrons. The molecule has 3 rings (SSSR count). The van der Waals surface area contributed by atoms with Gasteiger partial charge in [-0.25, -0.2) is 4.98 Å². The van der Waals surface area contributed by atoms with Crippen molar-refractivity contribution in [2.45, 2.75) is 6.92 Å². The Bertz CT molecular complexity index is 598. The second kappa shape index (κ2) is 2.91. The van der Waals surface area contributed by atoms with Gasteiger partial charge < -0.3 is 8.83 Å². The van der Waals surface area contributed by atoms with Gasteiger partial charge in [0, 0.05) is 12.5 Å². The van der Waals surface area contributed by atoms with Crippen LogP contribution in [0.25, 0.3) is 22.6 Å². The molecule has 0 atom stereocenters. The van der Waals surface area contributed by atoms with E-state index in [0.717, 1.165) is 16.7 Å². The summed E-state index contributed by atoms with van der Waals surface area (Å²) in [6, 6.07) is 5.56. The molecule has 0 saturated carbocycles. The normalized spacial score (nSPS) is 11.0. The van der Waals surface area contributed by atoms with Crippen molar-refractivity contribution in [2.24, 2.45) is 0 Å². The summed E-state index contributed by atoms with van der Waals surface area (Å²) >= 11 is 0. The first kappa shape index (κ1) is 8.16. The van der Waals surface area contributed by atoms with Crippen LogP contribution in [0.2, 0.25) is 0 Å². The van der Waals surface area contributed by atoms with E-state index in [9.17, 15) is 0 Å². The van der Waals surface area contributed by atoms with Crippen LogP contribution in [0.3, 0.4) is 0 Å². The second-order valence-corrected chi connectivity index (χ2v) is 3.16. The molecule has 0 unspecified atom stereocenters. The zero-order chi connectivity index (χ0) is 10.3. The molecule has 0 aliphatic heterocycles. The maximum absolute atomic E-state index is 5.36. The highest BCUT2D eigenvalue weighted by Crippen LogP contribution is 2.22. The van der Waals surface area contributed by atoms with E-state index < -0.39 is 0 Å². The molecular weight excluding hydrogens is 194 g/mol. The van der Waals surface area contributed by atoms with Gasteiger partial charge in [0.2, 0.25) is 12.3 Å². The number of nitrogens with zero attached hydrogens (tertiary/aromatic N) is 3. The van der Waals surface area contributed by atoms with Gasteiger partial charge in [-0.15, -0.1) is 10.2 Å². The van der Waals surface area contributed by atoms with Crippen LogP contribution in [0.4, 0.5) is 0 Å². The summed E-state index contributed by atoms with van der Waals surface area (Å²) < 4.78 is 10.5. The molecule has 0 aliphatic carbocycles. The maximum Gasteiger partial charge on any atom is 0.247 e. The first-order valence-electron chi connectivity index (χ1n) is 4.47. The molecule has 0 fully saturated rings. The Morgan fingerprint density at radius 2 is 2.20 bits per heavy atom. The van der Waals surface area contributed by atoms with Crippen LogP contribution in [0.1, 0.15) is 5.89 Å². The highest BCUT2D eigenvalue weighted by Gasteiger charge is 2.07.